The highest BCUT2D eigenvalue weighted by atomic mass is 32.1. The van der Waals surface area contributed by atoms with Crippen LogP contribution in [-0.2, 0) is 6.42 Å². The van der Waals surface area contributed by atoms with Crippen LogP contribution in [0, 0.1) is 26.6 Å². The lowest BCUT2D eigenvalue weighted by Gasteiger charge is -2.16. The van der Waals surface area contributed by atoms with Gasteiger partial charge in [-0.05, 0) is 39.4 Å². The molecular weight excluding hydrogens is 259 g/mol. The van der Waals surface area contributed by atoms with Gasteiger partial charge < -0.3 is 5.32 Å². The predicted molar refractivity (Wildman–Crippen MR) is 78.2 cm³/mol. The highest BCUT2D eigenvalue weighted by molar-refractivity contribution is 7.11. The van der Waals surface area contributed by atoms with Gasteiger partial charge in [0.05, 0.1) is 10.7 Å². The second kappa shape index (κ2) is 5.80. The van der Waals surface area contributed by atoms with Crippen LogP contribution in [-0.4, -0.2) is 12.0 Å². The summed E-state index contributed by atoms with van der Waals surface area (Å²) in [6.07, 6.45) is 0.718. The molecule has 19 heavy (non-hydrogen) atoms. The largest absolute Gasteiger partial charge is 0.313 e. The Kier molecular flexibility index (Phi) is 4.32. The molecule has 1 aromatic carbocycles. The van der Waals surface area contributed by atoms with Crippen molar-refractivity contribution in [3.05, 3.63) is 50.7 Å². The van der Waals surface area contributed by atoms with E-state index >= 15 is 0 Å². The van der Waals surface area contributed by atoms with Crippen molar-refractivity contribution < 1.29 is 4.39 Å². The van der Waals surface area contributed by atoms with Crippen molar-refractivity contribution in [3.8, 4) is 0 Å². The lowest BCUT2D eigenvalue weighted by molar-refractivity contribution is 0.532. The molecule has 1 aromatic heterocycles. The normalized spacial score (nSPS) is 12.7. The molecule has 1 heterocycles. The molecule has 1 unspecified atom stereocenters. The molecule has 0 aliphatic heterocycles. The van der Waals surface area contributed by atoms with E-state index in [-0.39, 0.29) is 11.9 Å². The number of benzene rings is 1. The maximum atomic E-state index is 14.0. The number of hydrogen-bond acceptors (Lipinski definition) is 3. The van der Waals surface area contributed by atoms with Crippen molar-refractivity contribution >= 4 is 11.3 Å². The lowest BCUT2D eigenvalue weighted by atomic mass is 10.0. The van der Waals surface area contributed by atoms with E-state index in [2.05, 4.69) is 17.2 Å². The van der Waals surface area contributed by atoms with Crippen LogP contribution in [0.3, 0.4) is 0 Å². The van der Waals surface area contributed by atoms with Gasteiger partial charge in [0.15, 0.2) is 0 Å². The number of halogens is 1. The van der Waals surface area contributed by atoms with E-state index in [1.807, 2.05) is 33.0 Å². The van der Waals surface area contributed by atoms with Crippen LogP contribution in [0.15, 0.2) is 18.2 Å². The molecule has 2 rings (SSSR count). The molecule has 0 aliphatic carbocycles. The molecule has 0 fully saturated rings. The highest BCUT2D eigenvalue weighted by Gasteiger charge is 2.17. The Labute approximate surface area is 117 Å². The number of nitrogens with zero attached hydrogens (tertiary/aromatic N) is 1. The number of rotatable bonds is 4. The number of aryl methyl sites for hydroxylation is 3. The van der Waals surface area contributed by atoms with Crippen LogP contribution in [0.2, 0.25) is 0 Å². The second-order valence-electron chi connectivity index (χ2n) is 4.82. The minimum absolute atomic E-state index is 0.0365. The van der Waals surface area contributed by atoms with Crippen molar-refractivity contribution in [2.45, 2.75) is 33.2 Å². The zero-order valence-electron chi connectivity index (χ0n) is 11.7. The summed E-state index contributed by atoms with van der Waals surface area (Å²) in [5.74, 6) is -0.149. The third kappa shape index (κ3) is 3.19. The van der Waals surface area contributed by atoms with Gasteiger partial charge in [-0.2, -0.15) is 0 Å². The van der Waals surface area contributed by atoms with E-state index in [0.29, 0.717) is 5.56 Å². The zero-order chi connectivity index (χ0) is 14.0. The van der Waals surface area contributed by atoms with Gasteiger partial charge in [0.2, 0.25) is 0 Å². The Morgan fingerprint density at radius 3 is 2.58 bits per heavy atom. The van der Waals surface area contributed by atoms with Gasteiger partial charge in [-0.3, -0.25) is 0 Å². The maximum absolute atomic E-state index is 14.0. The first kappa shape index (κ1) is 14.2. The van der Waals surface area contributed by atoms with Gasteiger partial charge >= 0.3 is 0 Å². The summed E-state index contributed by atoms with van der Waals surface area (Å²) in [5, 5.41) is 4.23. The molecule has 0 amide bonds. The van der Waals surface area contributed by atoms with E-state index in [4.69, 9.17) is 0 Å². The van der Waals surface area contributed by atoms with Crippen molar-refractivity contribution in [2.24, 2.45) is 0 Å². The molecule has 0 saturated carbocycles. The number of nitrogens with one attached hydrogen (secondary N) is 1. The zero-order valence-corrected chi connectivity index (χ0v) is 12.6. The van der Waals surface area contributed by atoms with E-state index < -0.39 is 0 Å². The molecule has 0 bridgehead atoms. The standard InChI is InChI=1S/C15H19FN2S/c1-9-5-6-12(13(16)7-9)14(17-4)8-15-18-10(2)11(3)19-15/h5-7,14,17H,8H2,1-4H3. The van der Waals surface area contributed by atoms with Crippen LogP contribution in [0.25, 0.3) is 0 Å². The molecule has 2 aromatic rings. The van der Waals surface area contributed by atoms with Gasteiger partial charge in [-0.15, -0.1) is 11.3 Å². The molecule has 0 spiro atoms. The average Bonchev–Trinajstić information content (AvgIpc) is 2.66. The van der Waals surface area contributed by atoms with E-state index in [1.165, 1.54) is 4.88 Å². The summed E-state index contributed by atoms with van der Waals surface area (Å²) >= 11 is 1.69. The summed E-state index contributed by atoms with van der Waals surface area (Å²) < 4.78 is 14.0. The Morgan fingerprint density at radius 2 is 2.05 bits per heavy atom. The van der Waals surface area contributed by atoms with Crippen LogP contribution >= 0.6 is 11.3 Å². The molecule has 1 N–H and O–H groups in total. The van der Waals surface area contributed by atoms with Gasteiger partial charge in [0, 0.05) is 22.9 Å². The first-order valence-corrected chi connectivity index (χ1v) is 7.19. The van der Waals surface area contributed by atoms with Gasteiger partial charge in [0.25, 0.3) is 0 Å². The van der Waals surface area contributed by atoms with Crippen LogP contribution < -0.4 is 5.32 Å². The highest BCUT2D eigenvalue weighted by Crippen LogP contribution is 2.25. The summed E-state index contributed by atoms with van der Waals surface area (Å²) in [6, 6.07) is 5.35. The van der Waals surface area contributed by atoms with E-state index in [0.717, 1.165) is 22.7 Å². The van der Waals surface area contributed by atoms with E-state index in [1.54, 1.807) is 17.4 Å². The monoisotopic (exact) mass is 278 g/mol. The minimum Gasteiger partial charge on any atom is -0.313 e. The summed E-state index contributed by atoms with van der Waals surface area (Å²) in [4.78, 5) is 5.76. The average molecular weight is 278 g/mol. The smallest absolute Gasteiger partial charge is 0.128 e. The van der Waals surface area contributed by atoms with Crippen LogP contribution in [0.1, 0.15) is 32.7 Å². The van der Waals surface area contributed by atoms with Crippen molar-refractivity contribution in [2.75, 3.05) is 7.05 Å². The Hall–Kier alpha value is -1.26. The quantitative estimate of drug-likeness (QED) is 0.922. The van der Waals surface area contributed by atoms with Gasteiger partial charge in [0.1, 0.15) is 5.82 Å². The molecule has 0 aliphatic rings. The van der Waals surface area contributed by atoms with Crippen molar-refractivity contribution in [3.63, 3.8) is 0 Å². The van der Waals surface area contributed by atoms with Crippen LogP contribution in [0.5, 0.6) is 0 Å². The number of thiazole rings is 1. The minimum atomic E-state index is -0.149. The first-order valence-electron chi connectivity index (χ1n) is 6.37. The lowest BCUT2D eigenvalue weighted by Crippen LogP contribution is -2.20. The SMILES string of the molecule is CNC(Cc1nc(C)c(C)s1)c1ccc(C)cc1F. The molecule has 0 saturated heterocycles. The molecule has 102 valence electrons. The molecule has 1 atom stereocenters. The summed E-state index contributed by atoms with van der Waals surface area (Å²) in [5.41, 5.74) is 2.72. The fraction of sp³-hybridized carbons (Fsp3) is 0.400. The maximum Gasteiger partial charge on any atom is 0.128 e. The topological polar surface area (TPSA) is 24.9 Å². The number of aromatic nitrogens is 1. The Morgan fingerprint density at radius 1 is 1.32 bits per heavy atom. The summed E-state index contributed by atoms with van der Waals surface area (Å²) in [6.45, 7) is 5.97. The molecule has 4 heteroatoms. The fourth-order valence-corrected chi connectivity index (χ4v) is 3.06. The van der Waals surface area contributed by atoms with Crippen molar-refractivity contribution in [1.29, 1.82) is 0 Å². The van der Waals surface area contributed by atoms with Crippen molar-refractivity contribution in [1.82, 2.24) is 10.3 Å². The van der Waals surface area contributed by atoms with Crippen LogP contribution in [0.4, 0.5) is 4.39 Å². The first-order chi connectivity index (χ1) is 9.01. The number of likely N-dealkylation sites (N-methyl/N-ethyl adjacent to an activating group) is 1. The van der Waals surface area contributed by atoms with Gasteiger partial charge in [-0.25, -0.2) is 9.37 Å². The Bertz CT molecular complexity index is 558. The summed E-state index contributed by atoms with van der Waals surface area (Å²) in [7, 11) is 1.86. The number of hydrogen-bond donors (Lipinski definition) is 1. The third-order valence-corrected chi connectivity index (χ3v) is 4.43. The predicted octanol–water partition coefficient (Wildman–Crippen LogP) is 3.71. The molecular formula is C15H19FN2S. The Balaban J connectivity index is 2.24. The third-order valence-electron chi connectivity index (χ3n) is 3.33. The molecule has 2 nitrogen and oxygen atoms in total. The second-order valence-corrected chi connectivity index (χ2v) is 6.11. The molecule has 0 radical (unpaired) electrons. The van der Waals surface area contributed by atoms with E-state index in [9.17, 15) is 4.39 Å². The fourth-order valence-electron chi connectivity index (χ4n) is 2.08. The van der Waals surface area contributed by atoms with Gasteiger partial charge in [-0.1, -0.05) is 12.1 Å².